The molecule has 0 heterocycles. The second-order valence-corrected chi connectivity index (χ2v) is 10.2. The standard InChI is InChI=1S/C21H33NO3.C3H8/c1-20-9-7-14(25-12-19(22)24)11-13(20)3-4-15-16-5-6-18(23)21(16,2)10-8-17(15)20;1-3-2/h11,14-18,23H,3-10,12H2,1-2H3,(H2,22,24);3H2,1-2H3/t14-,15?,16?,17?,18?,20?,21?;/m0./s1. The molecule has 160 valence electrons. The minimum atomic E-state index is -0.387. The predicted molar refractivity (Wildman–Crippen MR) is 113 cm³/mol. The molecule has 4 nitrogen and oxygen atoms in total. The summed E-state index contributed by atoms with van der Waals surface area (Å²) in [5.41, 5.74) is 7.21. The van der Waals surface area contributed by atoms with Gasteiger partial charge in [0.15, 0.2) is 0 Å². The van der Waals surface area contributed by atoms with E-state index in [4.69, 9.17) is 10.5 Å². The summed E-state index contributed by atoms with van der Waals surface area (Å²) >= 11 is 0. The SMILES string of the molecule is CC12CC[C@H](OCC(N)=O)C=C1CCC1C2CCC2(C)C(O)CCC12.CCC. The van der Waals surface area contributed by atoms with Gasteiger partial charge in [-0.3, -0.25) is 4.79 Å². The maximum absolute atomic E-state index is 11.0. The molecule has 0 bridgehead atoms. The van der Waals surface area contributed by atoms with Crippen molar-refractivity contribution >= 4 is 5.91 Å². The van der Waals surface area contributed by atoms with E-state index in [0.29, 0.717) is 5.92 Å². The number of rotatable bonds is 3. The molecule has 0 aromatic carbocycles. The van der Waals surface area contributed by atoms with Crippen molar-refractivity contribution in [3.63, 3.8) is 0 Å². The number of nitrogens with two attached hydrogens (primary N) is 1. The van der Waals surface area contributed by atoms with Crippen molar-refractivity contribution in [2.24, 2.45) is 34.3 Å². The molecule has 3 N–H and O–H groups in total. The molecule has 0 aliphatic heterocycles. The third kappa shape index (κ3) is 3.79. The Bertz CT molecular complexity index is 603. The monoisotopic (exact) mass is 391 g/mol. The molecule has 4 rings (SSSR count). The number of primary amides is 1. The molecule has 0 radical (unpaired) electrons. The van der Waals surface area contributed by atoms with Crippen LogP contribution in [0.1, 0.15) is 85.5 Å². The van der Waals surface area contributed by atoms with Crippen LogP contribution in [0.4, 0.5) is 0 Å². The molecule has 0 aromatic rings. The summed E-state index contributed by atoms with van der Waals surface area (Å²) in [5.74, 6) is 1.82. The zero-order valence-electron chi connectivity index (χ0n) is 18.4. The minimum absolute atomic E-state index is 0.0233. The number of carbonyl (C=O) groups excluding carboxylic acids is 1. The van der Waals surface area contributed by atoms with Crippen LogP contribution in [-0.4, -0.2) is 29.8 Å². The van der Waals surface area contributed by atoms with E-state index in [9.17, 15) is 9.90 Å². The van der Waals surface area contributed by atoms with Crippen molar-refractivity contribution < 1.29 is 14.6 Å². The maximum atomic E-state index is 11.0. The summed E-state index contributed by atoms with van der Waals surface area (Å²) in [6.45, 7) is 9.08. The van der Waals surface area contributed by atoms with Crippen LogP contribution in [0.3, 0.4) is 0 Å². The first-order valence-corrected chi connectivity index (χ1v) is 11.5. The van der Waals surface area contributed by atoms with Crippen LogP contribution < -0.4 is 5.73 Å². The molecule has 7 atom stereocenters. The van der Waals surface area contributed by atoms with Gasteiger partial charge < -0.3 is 15.6 Å². The van der Waals surface area contributed by atoms with Crippen molar-refractivity contribution in [3.05, 3.63) is 11.6 Å². The summed E-state index contributed by atoms with van der Waals surface area (Å²) in [5, 5.41) is 10.5. The molecule has 3 fully saturated rings. The Hall–Kier alpha value is -0.870. The average molecular weight is 392 g/mol. The Morgan fingerprint density at radius 2 is 1.86 bits per heavy atom. The second kappa shape index (κ2) is 8.47. The van der Waals surface area contributed by atoms with E-state index < -0.39 is 0 Å². The summed E-state index contributed by atoms with van der Waals surface area (Å²) in [7, 11) is 0. The lowest BCUT2D eigenvalue weighted by atomic mass is 9.47. The van der Waals surface area contributed by atoms with Gasteiger partial charge in [0.2, 0.25) is 5.91 Å². The van der Waals surface area contributed by atoms with Gasteiger partial charge in [-0.1, -0.05) is 45.8 Å². The number of aliphatic hydroxyl groups is 1. The number of hydrogen-bond donors (Lipinski definition) is 2. The van der Waals surface area contributed by atoms with Crippen molar-refractivity contribution in [1.82, 2.24) is 0 Å². The molecule has 0 spiro atoms. The number of allylic oxidation sites excluding steroid dienone is 1. The summed E-state index contributed by atoms with van der Waals surface area (Å²) in [6, 6.07) is 0. The lowest BCUT2D eigenvalue weighted by Gasteiger charge is -2.58. The van der Waals surface area contributed by atoms with E-state index in [2.05, 4.69) is 33.8 Å². The van der Waals surface area contributed by atoms with Crippen LogP contribution in [0.2, 0.25) is 0 Å². The van der Waals surface area contributed by atoms with Crippen molar-refractivity contribution in [2.45, 2.75) is 97.7 Å². The third-order valence-electron chi connectivity index (χ3n) is 8.46. The highest BCUT2D eigenvalue weighted by Gasteiger charge is 2.58. The van der Waals surface area contributed by atoms with Gasteiger partial charge >= 0.3 is 0 Å². The fourth-order valence-electron chi connectivity index (χ4n) is 6.99. The highest BCUT2D eigenvalue weighted by atomic mass is 16.5. The highest BCUT2D eigenvalue weighted by molar-refractivity contribution is 5.75. The molecule has 4 aliphatic carbocycles. The van der Waals surface area contributed by atoms with E-state index in [1.165, 1.54) is 32.1 Å². The molecule has 4 aliphatic rings. The minimum Gasteiger partial charge on any atom is -0.393 e. The molecule has 0 saturated heterocycles. The highest BCUT2D eigenvalue weighted by Crippen LogP contribution is 2.65. The number of amides is 1. The summed E-state index contributed by atoms with van der Waals surface area (Å²) < 4.78 is 5.69. The van der Waals surface area contributed by atoms with Crippen molar-refractivity contribution in [2.75, 3.05) is 6.61 Å². The topological polar surface area (TPSA) is 72.5 Å². The quantitative estimate of drug-likeness (QED) is 0.691. The van der Waals surface area contributed by atoms with Crippen molar-refractivity contribution in [3.8, 4) is 0 Å². The maximum Gasteiger partial charge on any atom is 0.243 e. The molecule has 4 heteroatoms. The van der Waals surface area contributed by atoms with E-state index in [-0.39, 0.29) is 35.6 Å². The second-order valence-electron chi connectivity index (χ2n) is 10.2. The van der Waals surface area contributed by atoms with Gasteiger partial charge in [0.25, 0.3) is 0 Å². The van der Waals surface area contributed by atoms with E-state index in [0.717, 1.165) is 37.5 Å². The van der Waals surface area contributed by atoms with Crippen LogP contribution in [0.15, 0.2) is 11.6 Å². The average Bonchev–Trinajstić information content (AvgIpc) is 2.95. The van der Waals surface area contributed by atoms with Crippen LogP contribution in [0, 0.1) is 28.6 Å². The predicted octanol–water partition coefficient (Wildman–Crippen LogP) is 4.60. The number of carbonyl (C=O) groups is 1. The fraction of sp³-hybridized carbons (Fsp3) is 0.875. The Morgan fingerprint density at radius 3 is 2.54 bits per heavy atom. The van der Waals surface area contributed by atoms with Crippen LogP contribution in [-0.2, 0) is 9.53 Å². The van der Waals surface area contributed by atoms with E-state index in [1.807, 2.05) is 0 Å². The van der Waals surface area contributed by atoms with Gasteiger partial charge in [-0.15, -0.1) is 0 Å². The first-order chi connectivity index (χ1) is 13.3. The number of hydrogen-bond acceptors (Lipinski definition) is 3. The van der Waals surface area contributed by atoms with Crippen molar-refractivity contribution in [1.29, 1.82) is 0 Å². The first kappa shape index (κ1) is 21.8. The zero-order chi connectivity index (χ0) is 20.5. The largest absolute Gasteiger partial charge is 0.393 e. The fourth-order valence-corrected chi connectivity index (χ4v) is 6.99. The molecule has 0 aromatic heterocycles. The summed E-state index contributed by atoms with van der Waals surface area (Å²) in [4.78, 5) is 11.0. The molecule has 28 heavy (non-hydrogen) atoms. The van der Waals surface area contributed by atoms with Gasteiger partial charge in [0.05, 0.1) is 12.2 Å². The molecular weight excluding hydrogens is 350 g/mol. The van der Waals surface area contributed by atoms with Gasteiger partial charge in [-0.05, 0) is 80.0 Å². The van der Waals surface area contributed by atoms with Gasteiger partial charge in [-0.2, -0.15) is 0 Å². The molecular formula is C24H41NO3. The molecule has 1 amide bonds. The molecule has 6 unspecified atom stereocenters. The van der Waals surface area contributed by atoms with Crippen LogP contribution >= 0.6 is 0 Å². The van der Waals surface area contributed by atoms with E-state index >= 15 is 0 Å². The Balaban J connectivity index is 0.000000706. The normalized spacial score (nSPS) is 44.3. The summed E-state index contributed by atoms with van der Waals surface area (Å²) in [6.07, 6.45) is 12.7. The lowest BCUT2D eigenvalue weighted by Crippen LogP contribution is -2.51. The smallest absolute Gasteiger partial charge is 0.243 e. The van der Waals surface area contributed by atoms with E-state index in [1.54, 1.807) is 5.57 Å². The first-order valence-electron chi connectivity index (χ1n) is 11.5. The lowest BCUT2D eigenvalue weighted by molar-refractivity contribution is -0.124. The Morgan fingerprint density at radius 1 is 1.14 bits per heavy atom. The van der Waals surface area contributed by atoms with Crippen LogP contribution in [0.5, 0.6) is 0 Å². The zero-order valence-corrected chi connectivity index (χ0v) is 18.4. The van der Waals surface area contributed by atoms with Gasteiger partial charge in [-0.25, -0.2) is 0 Å². The van der Waals surface area contributed by atoms with Crippen LogP contribution in [0.25, 0.3) is 0 Å². The van der Waals surface area contributed by atoms with Gasteiger partial charge in [0.1, 0.15) is 6.61 Å². The Labute approximate surface area is 171 Å². The molecule has 3 saturated carbocycles. The third-order valence-corrected chi connectivity index (χ3v) is 8.46. The number of aliphatic hydroxyl groups excluding tert-OH is 1. The number of fused-ring (bicyclic) bond motifs is 5. The Kier molecular flexibility index (Phi) is 6.61. The number of ether oxygens (including phenoxy) is 1. The van der Waals surface area contributed by atoms with Gasteiger partial charge in [0, 0.05) is 0 Å².